The summed E-state index contributed by atoms with van der Waals surface area (Å²) in [5.41, 5.74) is 0.464. The Balaban J connectivity index is 1.95. The molecule has 0 saturated carbocycles. The van der Waals surface area contributed by atoms with E-state index in [0.717, 1.165) is 17.6 Å². The lowest BCUT2D eigenvalue weighted by molar-refractivity contribution is -0.115. The van der Waals surface area contributed by atoms with Crippen LogP contribution in [0.1, 0.15) is 11.5 Å². The molecule has 0 unspecified atom stereocenters. The van der Waals surface area contributed by atoms with Crippen LogP contribution in [0.4, 0.5) is 11.1 Å². The fraction of sp³-hybridized carbons (Fsp3) is 0.333. The fourth-order valence-corrected chi connectivity index (χ4v) is 2.89. The predicted molar refractivity (Wildman–Crippen MR) is 74.0 cm³/mol. The van der Waals surface area contributed by atoms with Crippen molar-refractivity contribution in [3.05, 3.63) is 16.9 Å². The van der Waals surface area contributed by atoms with Crippen LogP contribution < -0.4 is 10.0 Å². The Kier molecular flexibility index (Phi) is 3.99. The fourth-order valence-electron chi connectivity index (χ4n) is 1.33. The maximum atomic E-state index is 11.7. The second kappa shape index (κ2) is 5.54. The molecular weight excluding hydrogens is 304 g/mol. The third-order valence-corrected chi connectivity index (χ3v) is 3.51. The van der Waals surface area contributed by atoms with Crippen LogP contribution in [-0.2, 0) is 21.2 Å². The molecule has 20 heavy (non-hydrogen) atoms. The number of anilines is 2. The largest absolute Gasteiger partial charge is 0.293 e. The second-order valence-electron chi connectivity index (χ2n) is 3.99. The second-order valence-corrected chi connectivity index (χ2v) is 6.59. The number of nitrogens with zero attached hydrogens (tertiary/aromatic N) is 3. The van der Waals surface area contributed by atoms with Crippen LogP contribution in [0.3, 0.4) is 0 Å². The molecule has 0 aromatic carbocycles. The molecule has 0 atom stereocenters. The zero-order chi connectivity index (χ0) is 14.8. The lowest BCUT2D eigenvalue weighted by atomic mass is 10.3. The van der Waals surface area contributed by atoms with Crippen LogP contribution in [-0.4, -0.2) is 40.7 Å². The predicted octanol–water partition coefficient (Wildman–Crippen LogP) is 0.122. The van der Waals surface area contributed by atoms with E-state index < -0.39 is 10.0 Å². The van der Waals surface area contributed by atoms with Crippen LogP contribution >= 0.6 is 11.3 Å². The lowest BCUT2D eigenvalue weighted by Gasteiger charge is -1.98. The van der Waals surface area contributed by atoms with Crippen LogP contribution in [0, 0.1) is 6.92 Å². The molecule has 0 spiro atoms. The van der Waals surface area contributed by atoms with E-state index in [4.69, 9.17) is 0 Å². The molecular formula is C9H12N6O3S2. The minimum Gasteiger partial charge on any atom is -0.293 e. The van der Waals surface area contributed by atoms with Crippen molar-refractivity contribution in [3.63, 3.8) is 0 Å². The number of amides is 1. The summed E-state index contributed by atoms with van der Waals surface area (Å²) in [6, 6.07) is 0. The Morgan fingerprint density at radius 1 is 1.45 bits per heavy atom. The number of nitrogens with one attached hydrogen (secondary N) is 3. The first-order valence-electron chi connectivity index (χ1n) is 5.43. The molecule has 108 valence electrons. The van der Waals surface area contributed by atoms with Crippen molar-refractivity contribution >= 4 is 38.3 Å². The van der Waals surface area contributed by atoms with Crippen LogP contribution in [0.15, 0.2) is 5.38 Å². The van der Waals surface area contributed by atoms with Gasteiger partial charge in [-0.05, 0) is 6.92 Å². The molecule has 9 nitrogen and oxygen atoms in total. The Morgan fingerprint density at radius 2 is 2.20 bits per heavy atom. The SMILES string of the molecule is Cc1nc(NC(=O)Cc2csc(NS(C)(=O)=O)n2)n[nH]1. The summed E-state index contributed by atoms with van der Waals surface area (Å²) >= 11 is 1.11. The summed E-state index contributed by atoms with van der Waals surface area (Å²) < 4.78 is 24.3. The van der Waals surface area contributed by atoms with Crippen LogP contribution in [0.25, 0.3) is 0 Å². The molecule has 1 amide bonds. The summed E-state index contributed by atoms with van der Waals surface area (Å²) in [6.07, 6.45) is 1.04. The van der Waals surface area contributed by atoms with Gasteiger partial charge in [-0.1, -0.05) is 0 Å². The van der Waals surface area contributed by atoms with E-state index in [1.54, 1.807) is 12.3 Å². The van der Waals surface area contributed by atoms with E-state index in [-0.39, 0.29) is 23.4 Å². The van der Waals surface area contributed by atoms with E-state index in [0.29, 0.717) is 11.5 Å². The maximum absolute atomic E-state index is 11.7. The van der Waals surface area contributed by atoms with Crippen molar-refractivity contribution in [1.29, 1.82) is 0 Å². The van der Waals surface area contributed by atoms with Gasteiger partial charge in [-0.3, -0.25) is 19.9 Å². The number of thiazole rings is 1. The first-order valence-corrected chi connectivity index (χ1v) is 8.20. The number of aromatic nitrogens is 4. The Morgan fingerprint density at radius 3 is 2.80 bits per heavy atom. The number of H-pyrrole nitrogens is 1. The van der Waals surface area contributed by atoms with Crippen molar-refractivity contribution in [3.8, 4) is 0 Å². The first kappa shape index (κ1) is 14.4. The van der Waals surface area contributed by atoms with Gasteiger partial charge in [0.15, 0.2) is 5.13 Å². The molecule has 0 fully saturated rings. The number of hydrogen-bond donors (Lipinski definition) is 3. The van der Waals surface area contributed by atoms with Crippen molar-refractivity contribution in [2.24, 2.45) is 0 Å². The van der Waals surface area contributed by atoms with Crippen molar-refractivity contribution < 1.29 is 13.2 Å². The van der Waals surface area contributed by atoms with Gasteiger partial charge in [-0.15, -0.1) is 16.4 Å². The summed E-state index contributed by atoms with van der Waals surface area (Å²) in [6.45, 7) is 1.71. The number of hydrogen-bond acceptors (Lipinski definition) is 7. The van der Waals surface area contributed by atoms with Gasteiger partial charge >= 0.3 is 0 Å². The zero-order valence-electron chi connectivity index (χ0n) is 10.7. The molecule has 0 bridgehead atoms. The highest BCUT2D eigenvalue weighted by Crippen LogP contribution is 2.17. The number of sulfonamides is 1. The molecule has 2 heterocycles. The molecule has 3 N–H and O–H groups in total. The highest BCUT2D eigenvalue weighted by molar-refractivity contribution is 7.92. The standard InChI is InChI=1S/C9H12N6O3S2/c1-5-10-8(14-13-5)12-7(16)3-6-4-19-9(11-6)15-20(2,17)18/h4H,3H2,1-2H3,(H,11,15)(H2,10,12,13,14,16). The Labute approximate surface area is 118 Å². The highest BCUT2D eigenvalue weighted by atomic mass is 32.2. The number of aryl methyl sites for hydroxylation is 1. The topological polar surface area (TPSA) is 130 Å². The van der Waals surface area contributed by atoms with Gasteiger partial charge in [-0.2, -0.15) is 4.98 Å². The van der Waals surface area contributed by atoms with Crippen LogP contribution in [0.2, 0.25) is 0 Å². The minimum absolute atomic E-state index is 0.00945. The van der Waals surface area contributed by atoms with Gasteiger partial charge in [-0.25, -0.2) is 13.4 Å². The third-order valence-electron chi connectivity index (χ3n) is 2.01. The van der Waals surface area contributed by atoms with E-state index in [1.165, 1.54) is 0 Å². The monoisotopic (exact) mass is 316 g/mol. The third kappa shape index (κ3) is 4.28. The normalized spacial score (nSPS) is 11.3. The number of carbonyl (C=O) groups is 1. The lowest BCUT2D eigenvalue weighted by Crippen LogP contribution is -2.16. The molecule has 0 radical (unpaired) electrons. The molecule has 0 aliphatic rings. The smallest absolute Gasteiger partial charge is 0.248 e. The zero-order valence-corrected chi connectivity index (χ0v) is 12.3. The summed E-state index contributed by atoms with van der Waals surface area (Å²) in [7, 11) is -3.36. The average molecular weight is 316 g/mol. The molecule has 0 aliphatic carbocycles. The van der Waals surface area contributed by atoms with Crippen molar-refractivity contribution in [2.45, 2.75) is 13.3 Å². The van der Waals surface area contributed by atoms with Gasteiger partial charge in [0.2, 0.25) is 21.9 Å². The van der Waals surface area contributed by atoms with Gasteiger partial charge in [0.05, 0.1) is 18.4 Å². The molecule has 2 rings (SSSR count). The van der Waals surface area contributed by atoms with E-state index in [9.17, 15) is 13.2 Å². The Bertz CT molecular complexity index is 720. The summed E-state index contributed by atoms with van der Waals surface area (Å²) in [5.74, 6) is 0.450. The van der Waals surface area contributed by atoms with Gasteiger partial charge in [0, 0.05) is 5.38 Å². The van der Waals surface area contributed by atoms with Crippen LogP contribution in [0.5, 0.6) is 0 Å². The number of aromatic amines is 1. The first-order chi connectivity index (χ1) is 9.32. The van der Waals surface area contributed by atoms with Crippen molar-refractivity contribution in [1.82, 2.24) is 20.2 Å². The highest BCUT2D eigenvalue weighted by Gasteiger charge is 2.11. The van der Waals surface area contributed by atoms with Gasteiger partial charge in [0.1, 0.15) is 5.82 Å². The molecule has 11 heteroatoms. The van der Waals surface area contributed by atoms with E-state index >= 15 is 0 Å². The maximum Gasteiger partial charge on any atom is 0.248 e. The Hall–Kier alpha value is -2.01. The average Bonchev–Trinajstić information content (AvgIpc) is 2.86. The van der Waals surface area contributed by atoms with Crippen molar-refractivity contribution in [2.75, 3.05) is 16.3 Å². The quantitative estimate of drug-likeness (QED) is 0.718. The van der Waals surface area contributed by atoms with E-state index in [2.05, 4.69) is 30.2 Å². The molecule has 0 aliphatic heterocycles. The molecule has 2 aromatic rings. The van der Waals surface area contributed by atoms with Gasteiger partial charge in [0.25, 0.3) is 0 Å². The summed E-state index contributed by atoms with van der Waals surface area (Å²) in [5, 5.41) is 10.7. The van der Waals surface area contributed by atoms with Gasteiger partial charge < -0.3 is 0 Å². The van der Waals surface area contributed by atoms with E-state index in [1.807, 2.05) is 0 Å². The minimum atomic E-state index is -3.36. The number of rotatable bonds is 5. The molecule has 2 aromatic heterocycles. The molecule has 0 saturated heterocycles. The summed E-state index contributed by atoms with van der Waals surface area (Å²) in [4.78, 5) is 19.6. The number of carbonyl (C=O) groups excluding carboxylic acids is 1.